The van der Waals surface area contributed by atoms with Crippen LogP contribution < -0.4 is 5.32 Å². The van der Waals surface area contributed by atoms with E-state index in [1.165, 1.54) is 31.2 Å². The van der Waals surface area contributed by atoms with Gasteiger partial charge in [-0.15, -0.1) is 0 Å². The van der Waals surface area contributed by atoms with Gasteiger partial charge in [0.15, 0.2) is 0 Å². The smallest absolute Gasteiger partial charge is 0.303 e. The number of fused-ring (bicyclic) bond motifs is 2. The van der Waals surface area contributed by atoms with Crippen LogP contribution in [0.1, 0.15) is 44.1 Å². The summed E-state index contributed by atoms with van der Waals surface area (Å²) in [6.07, 6.45) is 7.35. The fraction of sp³-hybridized carbons (Fsp3) is 0.611. The van der Waals surface area contributed by atoms with E-state index in [4.69, 9.17) is 5.11 Å². The van der Waals surface area contributed by atoms with Crippen LogP contribution in [0.15, 0.2) is 30.3 Å². The molecule has 4 atom stereocenters. The van der Waals surface area contributed by atoms with E-state index in [-0.39, 0.29) is 12.5 Å². The summed E-state index contributed by atoms with van der Waals surface area (Å²) in [5, 5.41) is 12.8. The number of hydrogen-bond acceptors (Lipinski definition) is 2. The summed E-state index contributed by atoms with van der Waals surface area (Å²) in [6, 6.07) is 11.3. The van der Waals surface area contributed by atoms with E-state index >= 15 is 0 Å². The summed E-state index contributed by atoms with van der Waals surface area (Å²) in [7, 11) is 0. The van der Waals surface area contributed by atoms with Crippen LogP contribution in [0.2, 0.25) is 0 Å². The zero-order chi connectivity index (χ0) is 14.7. The molecule has 2 N–H and O–H groups in total. The molecule has 3 nitrogen and oxygen atoms in total. The van der Waals surface area contributed by atoms with Crippen molar-refractivity contribution in [2.45, 2.75) is 57.0 Å². The van der Waals surface area contributed by atoms with Crippen molar-refractivity contribution in [3.05, 3.63) is 35.9 Å². The van der Waals surface area contributed by atoms with Crippen molar-refractivity contribution in [3.63, 3.8) is 0 Å². The molecule has 0 saturated heterocycles. The van der Waals surface area contributed by atoms with Gasteiger partial charge in [0.2, 0.25) is 0 Å². The number of carboxylic acids is 1. The Kier molecular flexibility index (Phi) is 4.59. The zero-order valence-corrected chi connectivity index (χ0v) is 12.5. The second kappa shape index (κ2) is 6.61. The number of hydrogen-bond donors (Lipinski definition) is 2. The number of carboxylic acid groups (broad SMARTS) is 1. The van der Waals surface area contributed by atoms with Crippen LogP contribution >= 0.6 is 0 Å². The average Bonchev–Trinajstić information content (AvgIpc) is 3.08. The molecule has 0 radical (unpaired) electrons. The van der Waals surface area contributed by atoms with Gasteiger partial charge >= 0.3 is 5.97 Å². The lowest BCUT2D eigenvalue weighted by Crippen LogP contribution is -2.42. The molecule has 1 aromatic carbocycles. The highest BCUT2D eigenvalue weighted by Crippen LogP contribution is 2.44. The van der Waals surface area contributed by atoms with Gasteiger partial charge in [0.1, 0.15) is 0 Å². The van der Waals surface area contributed by atoms with Crippen molar-refractivity contribution < 1.29 is 9.90 Å². The maximum absolute atomic E-state index is 10.9. The van der Waals surface area contributed by atoms with Crippen molar-refractivity contribution in [2.75, 3.05) is 0 Å². The second-order valence-corrected chi connectivity index (χ2v) is 6.77. The normalized spacial score (nSPS) is 28.7. The molecule has 0 spiro atoms. The van der Waals surface area contributed by atoms with Gasteiger partial charge in [-0.1, -0.05) is 36.8 Å². The molecule has 21 heavy (non-hydrogen) atoms. The van der Waals surface area contributed by atoms with Gasteiger partial charge in [0, 0.05) is 18.5 Å². The Labute approximate surface area is 126 Å². The minimum absolute atomic E-state index is 0.255. The molecule has 2 fully saturated rings. The highest BCUT2D eigenvalue weighted by molar-refractivity contribution is 5.66. The van der Waals surface area contributed by atoms with E-state index in [0.29, 0.717) is 6.04 Å². The van der Waals surface area contributed by atoms with Gasteiger partial charge < -0.3 is 10.4 Å². The minimum Gasteiger partial charge on any atom is -0.481 e. The highest BCUT2D eigenvalue weighted by atomic mass is 16.4. The van der Waals surface area contributed by atoms with Gasteiger partial charge in [-0.05, 0) is 49.5 Å². The van der Waals surface area contributed by atoms with E-state index < -0.39 is 5.97 Å². The number of carbonyl (C=O) groups is 1. The Hall–Kier alpha value is -1.35. The molecule has 3 heteroatoms. The lowest BCUT2D eigenvalue weighted by Gasteiger charge is -2.28. The van der Waals surface area contributed by atoms with Crippen LogP contribution in [0.5, 0.6) is 0 Å². The molecule has 114 valence electrons. The summed E-state index contributed by atoms with van der Waals surface area (Å²) in [5.41, 5.74) is 1.29. The molecule has 1 aromatic rings. The molecular formula is C18H25NO2. The fourth-order valence-corrected chi connectivity index (χ4v) is 4.19. The Bertz CT molecular complexity index is 473. The Morgan fingerprint density at radius 3 is 2.67 bits per heavy atom. The average molecular weight is 287 g/mol. The third-order valence-electron chi connectivity index (χ3n) is 5.22. The summed E-state index contributed by atoms with van der Waals surface area (Å²) in [4.78, 5) is 10.9. The van der Waals surface area contributed by atoms with Gasteiger partial charge in [-0.25, -0.2) is 0 Å². The Balaban J connectivity index is 1.60. The van der Waals surface area contributed by atoms with Crippen LogP contribution in [-0.4, -0.2) is 23.2 Å². The molecule has 0 amide bonds. The lowest BCUT2D eigenvalue weighted by molar-refractivity contribution is -0.137. The van der Waals surface area contributed by atoms with Crippen LogP contribution in [-0.2, 0) is 11.2 Å². The second-order valence-electron chi connectivity index (χ2n) is 6.77. The number of aliphatic carboxylic acids is 1. The predicted octanol–water partition coefficient (Wildman–Crippen LogP) is 3.24. The van der Waals surface area contributed by atoms with Crippen molar-refractivity contribution in [1.82, 2.24) is 5.32 Å². The third kappa shape index (κ3) is 3.85. The van der Waals surface area contributed by atoms with Gasteiger partial charge in [-0.2, -0.15) is 0 Å². The fourth-order valence-electron chi connectivity index (χ4n) is 4.19. The van der Waals surface area contributed by atoms with E-state index in [9.17, 15) is 4.79 Å². The SMILES string of the molecule is O=C(O)CCC(Cc1ccccc1)NC1CC2CCC1C2. The standard InChI is InChI=1S/C18H25NO2/c20-18(21)9-8-16(11-13-4-2-1-3-5-13)19-17-12-14-6-7-15(17)10-14/h1-5,14-17,19H,6-12H2,(H,20,21). The number of benzene rings is 1. The summed E-state index contributed by atoms with van der Waals surface area (Å²) >= 11 is 0. The highest BCUT2D eigenvalue weighted by Gasteiger charge is 2.39. The van der Waals surface area contributed by atoms with Crippen LogP contribution in [0, 0.1) is 11.8 Å². The predicted molar refractivity (Wildman–Crippen MR) is 83.2 cm³/mol. The van der Waals surface area contributed by atoms with Crippen molar-refractivity contribution in [3.8, 4) is 0 Å². The Morgan fingerprint density at radius 1 is 1.24 bits per heavy atom. The lowest BCUT2D eigenvalue weighted by atomic mass is 9.93. The first-order valence-corrected chi connectivity index (χ1v) is 8.22. The molecule has 2 aliphatic carbocycles. The monoisotopic (exact) mass is 287 g/mol. The maximum atomic E-state index is 10.9. The molecule has 0 aliphatic heterocycles. The van der Waals surface area contributed by atoms with Gasteiger partial charge in [-0.3, -0.25) is 4.79 Å². The maximum Gasteiger partial charge on any atom is 0.303 e. The molecule has 2 saturated carbocycles. The molecule has 3 rings (SSSR count). The molecule has 2 bridgehead atoms. The van der Waals surface area contributed by atoms with E-state index in [2.05, 4.69) is 29.6 Å². The summed E-state index contributed by atoms with van der Waals surface area (Å²) in [6.45, 7) is 0. The first-order valence-electron chi connectivity index (χ1n) is 8.22. The topological polar surface area (TPSA) is 49.3 Å². The summed E-state index contributed by atoms with van der Waals surface area (Å²) in [5.74, 6) is 1.06. The molecule has 0 heterocycles. The largest absolute Gasteiger partial charge is 0.481 e. The van der Waals surface area contributed by atoms with Gasteiger partial charge in [0.25, 0.3) is 0 Å². The van der Waals surface area contributed by atoms with Crippen molar-refractivity contribution >= 4 is 5.97 Å². The number of nitrogens with one attached hydrogen (secondary N) is 1. The third-order valence-corrected chi connectivity index (χ3v) is 5.22. The molecule has 4 unspecified atom stereocenters. The van der Waals surface area contributed by atoms with Crippen molar-refractivity contribution in [1.29, 1.82) is 0 Å². The minimum atomic E-state index is -0.692. The van der Waals surface area contributed by atoms with Gasteiger partial charge in [0.05, 0.1) is 0 Å². The Morgan fingerprint density at radius 2 is 2.05 bits per heavy atom. The van der Waals surface area contributed by atoms with Crippen molar-refractivity contribution in [2.24, 2.45) is 11.8 Å². The molecular weight excluding hydrogens is 262 g/mol. The summed E-state index contributed by atoms with van der Waals surface area (Å²) < 4.78 is 0. The number of rotatable bonds is 7. The quantitative estimate of drug-likeness (QED) is 0.809. The first-order chi connectivity index (χ1) is 10.2. The van der Waals surface area contributed by atoms with Crippen LogP contribution in [0.3, 0.4) is 0 Å². The van der Waals surface area contributed by atoms with E-state index in [1.54, 1.807) is 0 Å². The first kappa shape index (κ1) is 14.6. The van der Waals surface area contributed by atoms with E-state index in [0.717, 1.165) is 24.7 Å². The van der Waals surface area contributed by atoms with E-state index in [1.807, 2.05) is 6.07 Å². The zero-order valence-electron chi connectivity index (χ0n) is 12.5. The van der Waals surface area contributed by atoms with Crippen LogP contribution in [0.25, 0.3) is 0 Å². The van der Waals surface area contributed by atoms with Crippen LogP contribution in [0.4, 0.5) is 0 Å². The molecule has 0 aromatic heterocycles. The molecule has 2 aliphatic rings.